The first-order valence-electron chi connectivity index (χ1n) is 9.53. The van der Waals surface area contributed by atoms with Crippen LogP contribution >= 0.6 is 0 Å². The Morgan fingerprint density at radius 1 is 1.12 bits per heavy atom. The molecule has 2 heterocycles. The van der Waals surface area contributed by atoms with Gasteiger partial charge in [0.2, 0.25) is 5.91 Å². The van der Waals surface area contributed by atoms with Crippen molar-refractivity contribution in [3.05, 3.63) is 11.6 Å². The molecule has 1 amide bonds. The molecular formula is C18H31N5O. The molecular weight excluding hydrogens is 302 g/mol. The Bertz CT molecular complexity index is 556. The van der Waals surface area contributed by atoms with E-state index in [4.69, 9.17) is 0 Å². The first-order valence-corrected chi connectivity index (χ1v) is 9.53. The molecule has 24 heavy (non-hydrogen) atoms. The van der Waals surface area contributed by atoms with Gasteiger partial charge in [0.15, 0.2) is 0 Å². The highest BCUT2D eigenvalue weighted by Crippen LogP contribution is 2.36. The third-order valence-electron chi connectivity index (χ3n) is 5.61. The number of aryl methyl sites for hydroxylation is 3. The summed E-state index contributed by atoms with van der Waals surface area (Å²) in [5, 5.41) is 7.60. The van der Waals surface area contributed by atoms with Gasteiger partial charge in [-0.25, -0.2) is 4.98 Å². The summed E-state index contributed by atoms with van der Waals surface area (Å²) in [5.41, 5.74) is -0.228. The quantitative estimate of drug-likeness (QED) is 0.811. The van der Waals surface area contributed by atoms with Crippen LogP contribution in [0.2, 0.25) is 0 Å². The van der Waals surface area contributed by atoms with Gasteiger partial charge in [-0.1, -0.05) is 19.3 Å². The molecule has 0 spiro atoms. The molecule has 1 aliphatic heterocycles. The van der Waals surface area contributed by atoms with Crippen LogP contribution < -0.4 is 5.32 Å². The van der Waals surface area contributed by atoms with Gasteiger partial charge >= 0.3 is 0 Å². The number of nitrogens with one attached hydrogen (secondary N) is 1. The number of hydrogen-bond donors (Lipinski definition) is 1. The molecule has 0 aromatic carbocycles. The molecule has 6 nitrogen and oxygen atoms in total. The van der Waals surface area contributed by atoms with E-state index < -0.39 is 0 Å². The van der Waals surface area contributed by atoms with E-state index in [-0.39, 0.29) is 11.4 Å². The Balaban J connectivity index is 1.53. The second kappa shape index (κ2) is 7.64. The normalized spacial score (nSPS) is 21.1. The zero-order valence-electron chi connectivity index (χ0n) is 15.2. The van der Waals surface area contributed by atoms with Gasteiger partial charge in [-0.3, -0.25) is 14.4 Å². The van der Waals surface area contributed by atoms with Gasteiger partial charge in [0.25, 0.3) is 0 Å². The summed E-state index contributed by atoms with van der Waals surface area (Å²) in [5.74, 6) is 2.02. The highest BCUT2D eigenvalue weighted by molar-refractivity contribution is 5.86. The molecule has 1 aliphatic carbocycles. The van der Waals surface area contributed by atoms with Crippen molar-refractivity contribution in [3.63, 3.8) is 0 Å². The maximum Gasteiger partial charge on any atom is 0.240 e. The largest absolute Gasteiger partial charge is 0.354 e. The van der Waals surface area contributed by atoms with E-state index in [1.807, 2.05) is 18.5 Å². The molecule has 0 atom stereocenters. The second-order valence-corrected chi connectivity index (χ2v) is 7.33. The predicted molar refractivity (Wildman–Crippen MR) is 93.7 cm³/mol. The second-order valence-electron chi connectivity index (χ2n) is 7.33. The molecule has 1 N–H and O–H groups in total. The Kier molecular flexibility index (Phi) is 5.54. The van der Waals surface area contributed by atoms with Crippen LogP contribution in [0.3, 0.4) is 0 Å². The van der Waals surface area contributed by atoms with Crippen molar-refractivity contribution in [2.24, 2.45) is 0 Å². The van der Waals surface area contributed by atoms with Gasteiger partial charge in [-0.05, 0) is 59.0 Å². The van der Waals surface area contributed by atoms with E-state index in [0.29, 0.717) is 6.54 Å². The number of carbonyl (C=O) groups excluding carboxylic acids is 1. The molecule has 0 unspecified atom stereocenters. The lowest BCUT2D eigenvalue weighted by atomic mass is 9.79. The zero-order valence-corrected chi connectivity index (χ0v) is 15.2. The van der Waals surface area contributed by atoms with Crippen LogP contribution in [-0.2, 0) is 11.3 Å². The van der Waals surface area contributed by atoms with E-state index in [2.05, 4.69) is 20.3 Å². The van der Waals surface area contributed by atoms with Gasteiger partial charge in [-0.15, -0.1) is 0 Å². The summed E-state index contributed by atoms with van der Waals surface area (Å²) in [6.07, 6.45) is 9.06. The minimum Gasteiger partial charge on any atom is -0.354 e. The van der Waals surface area contributed by atoms with Crippen molar-refractivity contribution < 1.29 is 4.79 Å². The lowest BCUT2D eigenvalue weighted by molar-refractivity contribution is -0.135. The molecule has 2 fully saturated rings. The maximum atomic E-state index is 13.0. The summed E-state index contributed by atoms with van der Waals surface area (Å²) >= 11 is 0. The SMILES string of the molecule is Cc1nc(C)n(CCCNC(=O)C2(N3CCCC3)CCCCC2)n1. The van der Waals surface area contributed by atoms with Crippen LogP contribution in [0.15, 0.2) is 0 Å². The standard InChI is InChI=1S/C18H31N5O/c1-15-20-16(2)23(21-15)14-8-11-19-17(24)18(9-4-3-5-10-18)22-12-6-7-13-22/h3-14H2,1-2H3,(H,19,24). The molecule has 0 radical (unpaired) electrons. The number of hydrogen-bond acceptors (Lipinski definition) is 4. The van der Waals surface area contributed by atoms with Crippen LogP contribution in [0, 0.1) is 13.8 Å². The van der Waals surface area contributed by atoms with E-state index in [9.17, 15) is 4.79 Å². The van der Waals surface area contributed by atoms with E-state index in [1.165, 1.54) is 32.1 Å². The Morgan fingerprint density at radius 3 is 2.46 bits per heavy atom. The van der Waals surface area contributed by atoms with Gasteiger partial charge in [-0.2, -0.15) is 5.10 Å². The summed E-state index contributed by atoms with van der Waals surface area (Å²) in [6, 6.07) is 0. The topological polar surface area (TPSA) is 63.1 Å². The Morgan fingerprint density at radius 2 is 1.83 bits per heavy atom. The van der Waals surface area contributed by atoms with Crippen LogP contribution in [0.5, 0.6) is 0 Å². The third kappa shape index (κ3) is 3.63. The van der Waals surface area contributed by atoms with Crippen molar-refractivity contribution in [2.75, 3.05) is 19.6 Å². The number of likely N-dealkylation sites (tertiary alicyclic amines) is 1. The molecule has 1 saturated heterocycles. The fourth-order valence-electron chi connectivity index (χ4n) is 4.34. The van der Waals surface area contributed by atoms with Crippen molar-refractivity contribution in [1.29, 1.82) is 0 Å². The third-order valence-corrected chi connectivity index (χ3v) is 5.61. The van der Waals surface area contributed by atoms with Crippen LogP contribution in [0.1, 0.15) is 63.0 Å². The molecule has 2 aliphatic rings. The lowest BCUT2D eigenvalue weighted by Gasteiger charge is -2.43. The minimum atomic E-state index is -0.228. The van der Waals surface area contributed by atoms with Crippen molar-refractivity contribution in [2.45, 2.75) is 77.3 Å². The lowest BCUT2D eigenvalue weighted by Crippen LogP contribution is -2.59. The van der Waals surface area contributed by atoms with Gasteiger partial charge in [0.1, 0.15) is 17.2 Å². The maximum absolute atomic E-state index is 13.0. The fourth-order valence-corrected chi connectivity index (χ4v) is 4.34. The number of carbonyl (C=O) groups is 1. The Hall–Kier alpha value is -1.43. The van der Waals surface area contributed by atoms with Crippen molar-refractivity contribution in [3.8, 4) is 0 Å². The molecule has 3 rings (SSSR count). The molecule has 0 bridgehead atoms. The zero-order chi connectivity index (χ0) is 17.0. The average Bonchev–Trinajstić information content (AvgIpc) is 3.22. The summed E-state index contributed by atoms with van der Waals surface area (Å²) in [6.45, 7) is 7.59. The van der Waals surface area contributed by atoms with Crippen molar-refractivity contribution in [1.82, 2.24) is 25.0 Å². The number of nitrogens with zero attached hydrogens (tertiary/aromatic N) is 4. The molecule has 1 aromatic rings. The number of rotatable bonds is 6. The molecule has 1 saturated carbocycles. The molecule has 1 aromatic heterocycles. The van der Waals surface area contributed by atoms with Gasteiger partial charge in [0.05, 0.1) is 0 Å². The number of aromatic nitrogens is 3. The van der Waals surface area contributed by atoms with Crippen molar-refractivity contribution >= 4 is 5.91 Å². The van der Waals surface area contributed by atoms with Gasteiger partial charge in [0, 0.05) is 13.1 Å². The summed E-state index contributed by atoms with van der Waals surface area (Å²) in [4.78, 5) is 19.8. The highest BCUT2D eigenvalue weighted by Gasteiger charge is 2.45. The van der Waals surface area contributed by atoms with Crippen LogP contribution in [0.4, 0.5) is 0 Å². The summed E-state index contributed by atoms with van der Waals surface area (Å²) in [7, 11) is 0. The first kappa shape index (κ1) is 17.4. The van der Waals surface area contributed by atoms with E-state index in [0.717, 1.165) is 50.5 Å². The predicted octanol–water partition coefficient (Wildman–Crippen LogP) is 2.20. The van der Waals surface area contributed by atoms with E-state index >= 15 is 0 Å². The summed E-state index contributed by atoms with van der Waals surface area (Å²) < 4.78 is 1.93. The monoisotopic (exact) mass is 333 g/mol. The average molecular weight is 333 g/mol. The number of amides is 1. The molecule has 134 valence electrons. The van der Waals surface area contributed by atoms with Crippen LogP contribution in [-0.4, -0.2) is 50.7 Å². The minimum absolute atomic E-state index is 0.228. The first-order chi connectivity index (χ1) is 11.6. The molecule has 6 heteroatoms. The fraction of sp³-hybridized carbons (Fsp3) is 0.833. The smallest absolute Gasteiger partial charge is 0.240 e. The van der Waals surface area contributed by atoms with Crippen LogP contribution in [0.25, 0.3) is 0 Å². The Labute approximate surface area is 145 Å². The highest BCUT2D eigenvalue weighted by atomic mass is 16.2. The van der Waals surface area contributed by atoms with E-state index in [1.54, 1.807) is 0 Å². The van der Waals surface area contributed by atoms with Gasteiger partial charge < -0.3 is 5.32 Å².